The Balaban J connectivity index is 1.47. The fourth-order valence-electron chi connectivity index (χ4n) is 3.84. The Morgan fingerprint density at radius 1 is 1.06 bits per heavy atom. The third-order valence-electron chi connectivity index (χ3n) is 5.40. The molecule has 0 fully saturated rings. The Kier molecular flexibility index (Phi) is 6.23. The number of benzene rings is 3. The lowest BCUT2D eigenvalue weighted by atomic mass is 10.1. The molecule has 0 aliphatic heterocycles. The molecule has 36 heavy (non-hydrogen) atoms. The van der Waals surface area contributed by atoms with Crippen LogP contribution in [0.3, 0.4) is 0 Å². The number of hydrogen-bond acceptors (Lipinski definition) is 8. The van der Waals surface area contributed by atoms with Crippen molar-refractivity contribution in [1.82, 2.24) is 25.2 Å². The molecule has 2 heterocycles. The Bertz CT molecular complexity index is 1580. The molecule has 5 rings (SSSR count). The molecule has 1 amide bonds. The highest BCUT2D eigenvalue weighted by molar-refractivity contribution is 5.93. The van der Waals surface area contributed by atoms with E-state index in [-0.39, 0.29) is 18.6 Å². The number of para-hydroxylation sites is 1. The number of carbonyl (C=O) groups excluding carboxylic acids is 1. The van der Waals surface area contributed by atoms with Gasteiger partial charge in [0.25, 0.3) is 5.91 Å². The van der Waals surface area contributed by atoms with Gasteiger partial charge in [0.1, 0.15) is 11.6 Å². The van der Waals surface area contributed by atoms with E-state index in [0.29, 0.717) is 22.9 Å². The summed E-state index contributed by atoms with van der Waals surface area (Å²) >= 11 is 0. The van der Waals surface area contributed by atoms with Gasteiger partial charge in [0.15, 0.2) is 12.4 Å². The summed E-state index contributed by atoms with van der Waals surface area (Å²) in [4.78, 5) is 33.4. The van der Waals surface area contributed by atoms with Gasteiger partial charge in [0.05, 0.1) is 22.5 Å². The number of carbonyl (C=O) groups is 1. The lowest BCUT2D eigenvalue weighted by Gasteiger charge is -2.12. The van der Waals surface area contributed by atoms with Crippen LogP contribution in [0.25, 0.3) is 33.2 Å². The molecule has 2 aromatic heterocycles. The maximum absolute atomic E-state index is 12.0. The van der Waals surface area contributed by atoms with Crippen molar-refractivity contribution in [1.29, 1.82) is 0 Å². The largest absolute Gasteiger partial charge is 0.484 e. The average molecular weight is 482 g/mol. The quantitative estimate of drug-likeness (QED) is 0.304. The molecule has 0 unspecified atom stereocenters. The number of nitroso groups, excluding NO2 is 1. The van der Waals surface area contributed by atoms with Gasteiger partial charge >= 0.3 is 0 Å². The zero-order valence-electron chi connectivity index (χ0n) is 19.7. The minimum Gasteiger partial charge on any atom is -0.484 e. The van der Waals surface area contributed by atoms with Gasteiger partial charge in [-0.1, -0.05) is 24.3 Å². The molecule has 3 aromatic carbocycles. The number of fused-ring (bicyclic) bond motifs is 2. The normalized spacial score (nSPS) is 11.1. The summed E-state index contributed by atoms with van der Waals surface area (Å²) in [7, 11) is 0. The van der Waals surface area contributed by atoms with Crippen LogP contribution in [0.15, 0.2) is 78.2 Å². The third kappa shape index (κ3) is 4.83. The van der Waals surface area contributed by atoms with Gasteiger partial charge in [-0.3, -0.25) is 4.79 Å². The summed E-state index contributed by atoms with van der Waals surface area (Å²) in [5.74, 6) is 1.49. The summed E-state index contributed by atoms with van der Waals surface area (Å²) in [5.41, 5.74) is 2.91. The van der Waals surface area contributed by atoms with Gasteiger partial charge in [-0.05, 0) is 56.3 Å². The fraction of sp³-hybridized carbons (Fsp3) is 0.154. The van der Waals surface area contributed by atoms with E-state index in [0.717, 1.165) is 32.3 Å². The van der Waals surface area contributed by atoms with Crippen LogP contribution in [-0.2, 0) is 4.79 Å². The number of hydrogen-bond donors (Lipinski definition) is 2. The molecule has 10 heteroatoms. The number of anilines is 2. The van der Waals surface area contributed by atoms with E-state index in [4.69, 9.17) is 14.7 Å². The summed E-state index contributed by atoms with van der Waals surface area (Å²) in [5, 5.41) is 14.6. The first kappa shape index (κ1) is 22.9. The Morgan fingerprint density at radius 2 is 1.92 bits per heavy atom. The highest BCUT2D eigenvalue weighted by Crippen LogP contribution is 2.30. The molecule has 0 bridgehead atoms. The number of amides is 1. The molecule has 0 saturated carbocycles. The van der Waals surface area contributed by atoms with Crippen molar-refractivity contribution < 1.29 is 9.53 Å². The van der Waals surface area contributed by atoms with Crippen LogP contribution in [0.1, 0.15) is 13.8 Å². The van der Waals surface area contributed by atoms with Crippen molar-refractivity contribution in [2.75, 3.05) is 11.9 Å². The molecule has 2 N–H and O–H groups in total. The standard InChI is InChI=1S/C26H23N7O3/c1-16(2)28-24(34)15-36-20-7-5-6-17(13-20)25-30-22-9-4-3-8-21(22)26(31-25)29-19-10-11-23-18(12-19)14-27-33(23)32-35/h3-14,16H,15H2,1-2H3,(H,28,34)(H,29,30,31). The Hall–Kier alpha value is -4.86. The van der Waals surface area contributed by atoms with Gasteiger partial charge in [-0.15, -0.1) is 9.70 Å². The summed E-state index contributed by atoms with van der Waals surface area (Å²) in [6.45, 7) is 3.72. The summed E-state index contributed by atoms with van der Waals surface area (Å²) < 4.78 is 5.68. The van der Waals surface area contributed by atoms with Gasteiger partial charge in [0.2, 0.25) is 0 Å². The van der Waals surface area contributed by atoms with E-state index >= 15 is 0 Å². The average Bonchev–Trinajstić information content (AvgIpc) is 3.29. The molecule has 0 spiro atoms. The molecular weight excluding hydrogens is 458 g/mol. The minimum atomic E-state index is -0.185. The molecule has 5 aromatic rings. The predicted molar refractivity (Wildman–Crippen MR) is 138 cm³/mol. The second-order valence-electron chi connectivity index (χ2n) is 8.47. The number of nitrogens with one attached hydrogen (secondary N) is 2. The molecule has 10 nitrogen and oxygen atoms in total. The van der Waals surface area contributed by atoms with Crippen LogP contribution in [0, 0.1) is 4.91 Å². The topological polar surface area (TPSA) is 123 Å². The van der Waals surface area contributed by atoms with Crippen molar-refractivity contribution in [3.63, 3.8) is 0 Å². The molecule has 180 valence electrons. The molecule has 0 aliphatic rings. The van der Waals surface area contributed by atoms with Crippen LogP contribution in [0.5, 0.6) is 5.75 Å². The maximum Gasteiger partial charge on any atom is 0.258 e. The first-order valence-corrected chi connectivity index (χ1v) is 11.4. The second kappa shape index (κ2) is 9.79. The number of rotatable bonds is 8. The third-order valence-corrected chi connectivity index (χ3v) is 5.40. The lowest BCUT2D eigenvalue weighted by Crippen LogP contribution is -2.34. The van der Waals surface area contributed by atoms with Gasteiger partial charge < -0.3 is 15.4 Å². The van der Waals surface area contributed by atoms with E-state index in [9.17, 15) is 9.70 Å². The van der Waals surface area contributed by atoms with Gasteiger partial charge in [-0.25, -0.2) is 9.97 Å². The highest BCUT2D eigenvalue weighted by atomic mass is 16.5. The SMILES string of the molecule is CC(C)NC(=O)COc1cccc(-c2nc(Nc3ccc4c(cnn4N=O)c3)c3ccccc3n2)c1. The van der Waals surface area contributed by atoms with E-state index in [2.05, 4.69) is 21.0 Å². The number of nitrogens with zero attached hydrogens (tertiary/aromatic N) is 5. The highest BCUT2D eigenvalue weighted by Gasteiger charge is 2.12. The minimum absolute atomic E-state index is 0.0444. The molecular formula is C26H23N7O3. The fourth-order valence-corrected chi connectivity index (χ4v) is 3.84. The van der Waals surface area contributed by atoms with E-state index < -0.39 is 0 Å². The van der Waals surface area contributed by atoms with Crippen LogP contribution in [-0.4, -0.2) is 38.4 Å². The summed E-state index contributed by atoms with van der Waals surface area (Å²) in [6, 6.07) is 20.6. The molecule has 0 aliphatic carbocycles. The zero-order valence-corrected chi connectivity index (χ0v) is 19.7. The smallest absolute Gasteiger partial charge is 0.258 e. The van der Waals surface area contributed by atoms with Crippen molar-refractivity contribution >= 4 is 39.2 Å². The molecule has 0 saturated heterocycles. The van der Waals surface area contributed by atoms with Crippen LogP contribution >= 0.6 is 0 Å². The number of aromatic nitrogens is 4. The summed E-state index contributed by atoms with van der Waals surface area (Å²) in [6.07, 6.45) is 1.58. The monoisotopic (exact) mass is 481 g/mol. The maximum atomic E-state index is 12.0. The van der Waals surface area contributed by atoms with E-state index in [1.165, 1.54) is 0 Å². The molecule has 0 radical (unpaired) electrons. The van der Waals surface area contributed by atoms with Crippen molar-refractivity contribution in [2.24, 2.45) is 5.29 Å². The van der Waals surface area contributed by atoms with E-state index in [1.54, 1.807) is 18.3 Å². The molecule has 0 atom stereocenters. The van der Waals surface area contributed by atoms with Crippen LogP contribution < -0.4 is 15.4 Å². The van der Waals surface area contributed by atoms with Crippen molar-refractivity contribution in [3.05, 3.63) is 77.8 Å². The van der Waals surface area contributed by atoms with Crippen LogP contribution in [0.2, 0.25) is 0 Å². The predicted octanol–water partition coefficient (Wildman–Crippen LogP) is 4.82. The van der Waals surface area contributed by atoms with Crippen molar-refractivity contribution in [3.8, 4) is 17.1 Å². The van der Waals surface area contributed by atoms with Gasteiger partial charge in [0, 0.05) is 28.1 Å². The second-order valence-corrected chi connectivity index (χ2v) is 8.47. The van der Waals surface area contributed by atoms with Crippen LogP contribution in [0.4, 0.5) is 11.5 Å². The van der Waals surface area contributed by atoms with Crippen molar-refractivity contribution in [2.45, 2.75) is 19.9 Å². The zero-order chi connectivity index (χ0) is 25.1. The Morgan fingerprint density at radius 3 is 2.75 bits per heavy atom. The lowest BCUT2D eigenvalue weighted by molar-refractivity contribution is -0.123. The van der Waals surface area contributed by atoms with Gasteiger partial charge in [-0.2, -0.15) is 5.10 Å². The number of ether oxygens (including phenoxy) is 1. The first-order valence-electron chi connectivity index (χ1n) is 11.4. The Labute approximate surface area is 206 Å². The van der Waals surface area contributed by atoms with E-state index in [1.807, 2.05) is 68.4 Å². The first-order chi connectivity index (χ1) is 17.5.